The molecule has 1 unspecified atom stereocenters. The van der Waals surface area contributed by atoms with Gasteiger partial charge in [-0.05, 0) is 66.4 Å². The van der Waals surface area contributed by atoms with E-state index in [1.165, 1.54) is 11.8 Å². The number of nitrogens with zero attached hydrogens (tertiary/aromatic N) is 1. The van der Waals surface area contributed by atoms with Gasteiger partial charge in [0.2, 0.25) is 11.8 Å². The fourth-order valence-electron chi connectivity index (χ4n) is 4.90. The van der Waals surface area contributed by atoms with Gasteiger partial charge in [0, 0.05) is 23.7 Å². The lowest BCUT2D eigenvalue weighted by molar-refractivity contribution is -0.126. The molecule has 0 spiro atoms. The summed E-state index contributed by atoms with van der Waals surface area (Å²) in [4.78, 5) is 42.1. The van der Waals surface area contributed by atoms with Gasteiger partial charge in [-0.15, -0.1) is 0 Å². The summed E-state index contributed by atoms with van der Waals surface area (Å²) in [5.41, 5.74) is 1.82. The molecule has 1 atom stereocenters. The second-order valence-corrected chi connectivity index (χ2v) is 10.3. The summed E-state index contributed by atoms with van der Waals surface area (Å²) in [5, 5.41) is 6.44. The van der Waals surface area contributed by atoms with Crippen LogP contribution in [0.15, 0.2) is 84.6 Å². The van der Waals surface area contributed by atoms with Gasteiger partial charge in [0.05, 0.1) is 7.11 Å². The lowest BCUT2D eigenvalue weighted by Crippen LogP contribution is -2.49. The topological polar surface area (TPSA) is 87.7 Å². The molecule has 3 aromatic rings. The number of methoxy groups -OCH3 is 1. The Kier molecular flexibility index (Phi) is 9.97. The molecule has 3 amide bonds. The molecule has 1 aliphatic rings. The van der Waals surface area contributed by atoms with Crippen molar-refractivity contribution in [1.82, 2.24) is 10.6 Å². The van der Waals surface area contributed by atoms with Crippen LogP contribution in [0.4, 0.5) is 5.69 Å². The van der Waals surface area contributed by atoms with E-state index in [1.807, 2.05) is 6.07 Å². The Morgan fingerprint density at radius 3 is 2.17 bits per heavy atom. The number of hydrogen-bond donors (Lipinski definition) is 2. The second kappa shape index (κ2) is 13.8. The Hall–Kier alpha value is -4.10. The van der Waals surface area contributed by atoms with Gasteiger partial charge in [-0.3, -0.25) is 19.3 Å². The van der Waals surface area contributed by atoms with Crippen molar-refractivity contribution < 1.29 is 19.1 Å². The number of rotatable bonds is 9. The number of halogens is 1. The van der Waals surface area contributed by atoms with Crippen LogP contribution in [0.3, 0.4) is 0 Å². The predicted molar refractivity (Wildman–Crippen MR) is 158 cm³/mol. The first-order valence-corrected chi connectivity index (χ1v) is 13.8. The van der Waals surface area contributed by atoms with Gasteiger partial charge in [0.1, 0.15) is 17.5 Å². The number of benzene rings is 3. The van der Waals surface area contributed by atoms with Gasteiger partial charge < -0.3 is 15.4 Å². The SMILES string of the molecule is COc1ccc(C(C(=O)NC2CCCCC2)N(C(=O)/C(=C/c2ccc(Cl)cc2)NC(C)=O)c2ccccc2)cc1. The van der Waals surface area contributed by atoms with E-state index >= 15 is 0 Å². The number of nitrogens with one attached hydrogen (secondary N) is 2. The highest BCUT2D eigenvalue weighted by Gasteiger charge is 2.35. The highest BCUT2D eigenvalue weighted by Crippen LogP contribution is 2.31. The van der Waals surface area contributed by atoms with Crippen LogP contribution >= 0.6 is 11.6 Å². The molecule has 4 rings (SSSR count). The average molecular weight is 560 g/mol. The number of para-hydroxylation sites is 1. The van der Waals surface area contributed by atoms with Crippen LogP contribution in [0.5, 0.6) is 5.75 Å². The zero-order valence-electron chi connectivity index (χ0n) is 22.7. The van der Waals surface area contributed by atoms with Crippen LogP contribution in [-0.4, -0.2) is 30.9 Å². The highest BCUT2D eigenvalue weighted by molar-refractivity contribution is 6.30. The van der Waals surface area contributed by atoms with E-state index in [0.717, 1.165) is 32.1 Å². The van der Waals surface area contributed by atoms with Crippen molar-refractivity contribution in [2.24, 2.45) is 0 Å². The summed E-state index contributed by atoms with van der Waals surface area (Å²) in [6, 6.07) is 22.0. The maximum Gasteiger partial charge on any atom is 0.275 e. The fraction of sp³-hybridized carbons (Fsp3) is 0.281. The minimum Gasteiger partial charge on any atom is -0.497 e. The normalized spacial score (nSPS) is 14.6. The molecule has 8 heteroatoms. The zero-order valence-corrected chi connectivity index (χ0v) is 23.5. The minimum atomic E-state index is -1.01. The Morgan fingerprint density at radius 1 is 0.925 bits per heavy atom. The Bertz CT molecular complexity index is 1330. The smallest absolute Gasteiger partial charge is 0.275 e. The Morgan fingerprint density at radius 2 is 1.57 bits per heavy atom. The molecule has 0 heterocycles. The van der Waals surface area contributed by atoms with Gasteiger partial charge >= 0.3 is 0 Å². The van der Waals surface area contributed by atoms with Crippen molar-refractivity contribution in [3.05, 3.63) is 101 Å². The summed E-state index contributed by atoms with van der Waals surface area (Å²) >= 11 is 6.05. The fourth-order valence-corrected chi connectivity index (χ4v) is 5.03. The van der Waals surface area contributed by atoms with E-state index in [4.69, 9.17) is 16.3 Å². The highest BCUT2D eigenvalue weighted by atomic mass is 35.5. The molecular weight excluding hydrogens is 526 g/mol. The van der Waals surface area contributed by atoms with Gasteiger partial charge in [-0.2, -0.15) is 0 Å². The third kappa shape index (κ3) is 7.51. The molecule has 0 aromatic heterocycles. The molecular formula is C32H34ClN3O4. The summed E-state index contributed by atoms with van der Waals surface area (Å²) in [6.45, 7) is 1.34. The Labute approximate surface area is 240 Å². The van der Waals surface area contributed by atoms with Crippen molar-refractivity contribution in [1.29, 1.82) is 0 Å². The van der Waals surface area contributed by atoms with Crippen LogP contribution in [0.1, 0.15) is 56.2 Å². The maximum absolute atomic E-state index is 14.4. The summed E-state index contributed by atoms with van der Waals surface area (Å²) in [7, 11) is 1.57. The lowest BCUT2D eigenvalue weighted by atomic mass is 9.94. The average Bonchev–Trinajstić information content (AvgIpc) is 2.97. The molecule has 1 fully saturated rings. The summed E-state index contributed by atoms with van der Waals surface area (Å²) < 4.78 is 5.33. The third-order valence-corrected chi connectivity index (χ3v) is 7.12. The summed E-state index contributed by atoms with van der Waals surface area (Å²) in [5.74, 6) is -0.595. The molecule has 208 valence electrons. The number of carbonyl (C=O) groups is 3. The molecule has 0 radical (unpaired) electrons. The van der Waals surface area contributed by atoms with Gasteiger partial charge in [0.25, 0.3) is 5.91 Å². The van der Waals surface area contributed by atoms with Crippen LogP contribution in [0, 0.1) is 0 Å². The molecule has 1 aliphatic carbocycles. The van der Waals surface area contributed by atoms with Gasteiger partial charge in [0.15, 0.2) is 0 Å². The minimum absolute atomic E-state index is 0.0302. The second-order valence-electron chi connectivity index (χ2n) is 9.82. The summed E-state index contributed by atoms with van der Waals surface area (Å²) in [6.07, 6.45) is 6.63. The van der Waals surface area contributed by atoms with Crippen molar-refractivity contribution in [2.75, 3.05) is 12.0 Å². The van der Waals surface area contributed by atoms with E-state index < -0.39 is 17.9 Å². The first kappa shape index (κ1) is 28.9. The first-order valence-electron chi connectivity index (χ1n) is 13.4. The molecule has 0 aliphatic heterocycles. The first-order chi connectivity index (χ1) is 19.4. The zero-order chi connectivity index (χ0) is 28.5. The number of anilines is 1. The van der Waals surface area contributed by atoms with Crippen molar-refractivity contribution >= 4 is 41.1 Å². The maximum atomic E-state index is 14.4. The lowest BCUT2D eigenvalue weighted by Gasteiger charge is -2.34. The third-order valence-electron chi connectivity index (χ3n) is 6.86. The molecule has 1 saturated carbocycles. The van der Waals surface area contributed by atoms with Crippen molar-refractivity contribution in [2.45, 2.75) is 51.1 Å². The van der Waals surface area contributed by atoms with Gasteiger partial charge in [-0.1, -0.05) is 73.3 Å². The molecule has 7 nitrogen and oxygen atoms in total. The van der Waals surface area contributed by atoms with Crippen molar-refractivity contribution in [3.8, 4) is 5.75 Å². The van der Waals surface area contributed by atoms with Crippen molar-refractivity contribution in [3.63, 3.8) is 0 Å². The standard InChI is InChI=1S/C32H34ClN3O4/c1-22(37)34-29(21-23-13-17-25(33)18-14-23)32(39)36(27-11-7-4-8-12-27)30(24-15-19-28(40-2)20-16-24)31(38)35-26-9-5-3-6-10-26/h4,7-8,11-21,26,30H,3,5-6,9-10H2,1-2H3,(H,34,37)(H,35,38)/b29-21-. The quantitative estimate of drug-likeness (QED) is 0.312. The van der Waals surface area contributed by atoms with Crippen LogP contribution in [0.25, 0.3) is 6.08 Å². The molecule has 3 aromatic carbocycles. The van der Waals surface area contributed by atoms with E-state index in [2.05, 4.69) is 10.6 Å². The number of hydrogen-bond acceptors (Lipinski definition) is 4. The van der Waals surface area contributed by atoms with Crippen LogP contribution in [0.2, 0.25) is 5.02 Å². The molecule has 0 bridgehead atoms. The van der Waals surface area contributed by atoms with Gasteiger partial charge in [-0.25, -0.2) is 0 Å². The monoisotopic (exact) mass is 559 g/mol. The van der Waals surface area contributed by atoms with E-state index in [1.54, 1.807) is 86.0 Å². The van der Waals surface area contributed by atoms with E-state index in [-0.39, 0.29) is 17.6 Å². The predicted octanol–water partition coefficient (Wildman–Crippen LogP) is 6.05. The van der Waals surface area contributed by atoms with E-state index in [9.17, 15) is 14.4 Å². The molecule has 0 saturated heterocycles. The Balaban J connectivity index is 1.83. The largest absolute Gasteiger partial charge is 0.497 e. The van der Waals surface area contributed by atoms with Crippen LogP contribution in [-0.2, 0) is 14.4 Å². The molecule has 40 heavy (non-hydrogen) atoms. The van der Waals surface area contributed by atoms with E-state index in [0.29, 0.717) is 27.6 Å². The molecule has 2 N–H and O–H groups in total. The number of carbonyl (C=O) groups excluding carboxylic acids is 3. The van der Waals surface area contributed by atoms with Crippen LogP contribution < -0.4 is 20.3 Å². The number of ether oxygens (including phenoxy) is 1. The number of amides is 3.